The zero-order valence-electron chi connectivity index (χ0n) is 14.8. The zero-order chi connectivity index (χ0) is 18.2. The van der Waals surface area contributed by atoms with Gasteiger partial charge in [0.05, 0.1) is 25.0 Å². The number of carbonyl (C=O) groups excluding carboxylic acids is 1. The number of nitrogens with zero attached hydrogens (tertiary/aromatic N) is 2. The van der Waals surface area contributed by atoms with Gasteiger partial charge < -0.3 is 14.7 Å². The Labute approximate surface area is 153 Å². The van der Waals surface area contributed by atoms with E-state index in [1.165, 1.54) is 11.1 Å². The van der Waals surface area contributed by atoms with Crippen LogP contribution >= 0.6 is 11.8 Å². The molecule has 25 heavy (non-hydrogen) atoms. The lowest BCUT2D eigenvalue weighted by Gasteiger charge is -2.34. The number of aryl methyl sites for hydroxylation is 1. The Bertz CT molecular complexity index is 596. The maximum absolute atomic E-state index is 12.4. The predicted octanol–water partition coefficient (Wildman–Crippen LogP) is 1.47. The minimum Gasteiger partial charge on any atom is -0.480 e. The molecule has 0 aliphatic carbocycles. The Hall–Kier alpha value is -1.57. The van der Waals surface area contributed by atoms with Crippen molar-refractivity contribution in [3.05, 3.63) is 35.4 Å². The molecule has 1 saturated heterocycles. The van der Waals surface area contributed by atoms with Gasteiger partial charge in [-0.1, -0.05) is 29.8 Å². The number of carboxylic acids is 1. The van der Waals surface area contributed by atoms with Crippen LogP contribution in [0, 0.1) is 6.92 Å². The third-order valence-corrected chi connectivity index (χ3v) is 4.98. The quantitative estimate of drug-likeness (QED) is 0.751. The minimum absolute atomic E-state index is 0.0276. The lowest BCUT2D eigenvalue weighted by molar-refractivity contribution is -0.141. The van der Waals surface area contributed by atoms with E-state index in [1.807, 2.05) is 11.0 Å². The van der Waals surface area contributed by atoms with Crippen molar-refractivity contribution in [3.63, 3.8) is 0 Å². The highest BCUT2D eigenvalue weighted by atomic mass is 32.2. The zero-order valence-corrected chi connectivity index (χ0v) is 15.6. The van der Waals surface area contributed by atoms with Gasteiger partial charge >= 0.3 is 5.97 Å². The molecule has 0 aromatic heterocycles. The molecule has 1 N–H and O–H groups in total. The summed E-state index contributed by atoms with van der Waals surface area (Å²) in [6, 6.07) is 8.32. The summed E-state index contributed by atoms with van der Waals surface area (Å²) in [6.07, 6.45) is -0.135. The van der Waals surface area contributed by atoms with E-state index < -0.39 is 5.97 Å². The predicted molar refractivity (Wildman–Crippen MR) is 98.8 cm³/mol. The molecule has 1 fully saturated rings. The summed E-state index contributed by atoms with van der Waals surface area (Å²) < 4.78 is 5.66. The van der Waals surface area contributed by atoms with Crippen LogP contribution < -0.4 is 0 Å². The van der Waals surface area contributed by atoms with Crippen LogP contribution in [0.4, 0.5) is 0 Å². The van der Waals surface area contributed by atoms with Gasteiger partial charge in [-0.15, -0.1) is 11.8 Å². The van der Waals surface area contributed by atoms with Crippen molar-refractivity contribution in [2.75, 3.05) is 45.6 Å². The van der Waals surface area contributed by atoms with Gasteiger partial charge in [-0.2, -0.15) is 0 Å². The first-order valence-electron chi connectivity index (χ1n) is 8.37. The summed E-state index contributed by atoms with van der Waals surface area (Å²) in [5.74, 6) is 0.527. The molecule has 1 heterocycles. The fourth-order valence-electron chi connectivity index (χ4n) is 2.85. The monoisotopic (exact) mass is 366 g/mol. The molecule has 6 nitrogen and oxygen atoms in total. The fourth-order valence-corrected chi connectivity index (χ4v) is 3.72. The number of benzene rings is 1. The number of carbonyl (C=O) groups is 2. The van der Waals surface area contributed by atoms with Crippen LogP contribution in [0.2, 0.25) is 0 Å². The summed E-state index contributed by atoms with van der Waals surface area (Å²) in [5, 5.41) is 8.81. The number of amides is 1. The largest absolute Gasteiger partial charge is 0.480 e. The van der Waals surface area contributed by atoms with E-state index in [0.717, 1.165) is 5.75 Å². The van der Waals surface area contributed by atoms with Gasteiger partial charge in [0, 0.05) is 25.4 Å². The first kappa shape index (κ1) is 19.8. The highest BCUT2D eigenvalue weighted by Crippen LogP contribution is 2.15. The van der Waals surface area contributed by atoms with E-state index in [1.54, 1.807) is 23.7 Å². The van der Waals surface area contributed by atoms with E-state index in [4.69, 9.17) is 9.84 Å². The van der Waals surface area contributed by atoms with Gasteiger partial charge in [-0.25, -0.2) is 0 Å². The molecule has 1 unspecified atom stereocenters. The number of ether oxygens (including phenoxy) is 1. The molecule has 1 atom stereocenters. The number of morpholine rings is 1. The molecule has 1 aromatic rings. The van der Waals surface area contributed by atoms with Crippen LogP contribution in [0.25, 0.3) is 0 Å². The van der Waals surface area contributed by atoms with Gasteiger partial charge in [-0.05, 0) is 19.5 Å². The molecule has 1 aliphatic rings. The Morgan fingerprint density at radius 3 is 2.96 bits per heavy atom. The number of hydrogen-bond acceptors (Lipinski definition) is 5. The standard InChI is InChI=1S/C18H26N2O4S/c1-14-4-3-5-15(8-14)12-25-13-17(21)20-6-7-24-16(10-20)9-19(2)11-18(22)23/h3-5,8,16H,6-7,9-13H2,1-2H3,(H,22,23). The molecule has 1 aromatic carbocycles. The fraction of sp³-hybridized carbons (Fsp3) is 0.556. The highest BCUT2D eigenvalue weighted by Gasteiger charge is 2.25. The second kappa shape index (κ2) is 9.79. The molecule has 1 aliphatic heterocycles. The van der Waals surface area contributed by atoms with Gasteiger partial charge in [0.15, 0.2) is 0 Å². The molecule has 0 radical (unpaired) electrons. The molecule has 0 spiro atoms. The summed E-state index contributed by atoms with van der Waals surface area (Å²) in [6.45, 7) is 4.16. The van der Waals surface area contributed by atoms with Gasteiger partial charge in [-0.3, -0.25) is 14.5 Å². The second-order valence-electron chi connectivity index (χ2n) is 6.40. The summed E-state index contributed by atoms with van der Waals surface area (Å²) >= 11 is 1.62. The van der Waals surface area contributed by atoms with E-state index in [0.29, 0.717) is 32.0 Å². The second-order valence-corrected chi connectivity index (χ2v) is 7.39. The lowest BCUT2D eigenvalue weighted by Crippen LogP contribution is -2.50. The van der Waals surface area contributed by atoms with Crippen molar-refractivity contribution in [2.24, 2.45) is 0 Å². The van der Waals surface area contributed by atoms with Crippen LogP contribution in [0.3, 0.4) is 0 Å². The van der Waals surface area contributed by atoms with Crippen molar-refractivity contribution in [3.8, 4) is 0 Å². The number of rotatable bonds is 8. The van der Waals surface area contributed by atoms with Gasteiger partial charge in [0.2, 0.25) is 5.91 Å². The van der Waals surface area contributed by atoms with Crippen LogP contribution in [0.15, 0.2) is 24.3 Å². The summed E-state index contributed by atoms with van der Waals surface area (Å²) in [4.78, 5) is 26.7. The van der Waals surface area contributed by atoms with Crippen molar-refractivity contribution < 1.29 is 19.4 Å². The summed E-state index contributed by atoms with van der Waals surface area (Å²) in [7, 11) is 1.75. The molecule has 138 valence electrons. The molecule has 2 rings (SSSR count). The Morgan fingerprint density at radius 1 is 1.44 bits per heavy atom. The number of likely N-dealkylation sites (N-methyl/N-ethyl adjacent to an activating group) is 1. The Morgan fingerprint density at radius 2 is 2.24 bits per heavy atom. The van der Waals surface area contributed by atoms with Crippen LogP contribution in [-0.4, -0.2) is 78.5 Å². The first-order valence-corrected chi connectivity index (χ1v) is 9.52. The number of thioether (sulfide) groups is 1. The molecule has 1 amide bonds. The first-order chi connectivity index (χ1) is 11.9. The van der Waals surface area contributed by atoms with E-state index >= 15 is 0 Å². The van der Waals surface area contributed by atoms with Crippen molar-refractivity contribution >= 4 is 23.6 Å². The van der Waals surface area contributed by atoms with Crippen molar-refractivity contribution in [2.45, 2.75) is 18.8 Å². The van der Waals surface area contributed by atoms with Gasteiger partial charge in [0.25, 0.3) is 0 Å². The average molecular weight is 366 g/mol. The number of aliphatic carboxylic acids is 1. The SMILES string of the molecule is Cc1cccc(CSCC(=O)N2CCOC(CN(C)CC(=O)O)C2)c1. The minimum atomic E-state index is -0.862. The lowest BCUT2D eigenvalue weighted by atomic mass is 10.2. The summed E-state index contributed by atoms with van der Waals surface area (Å²) in [5.41, 5.74) is 2.46. The van der Waals surface area contributed by atoms with E-state index in [-0.39, 0.29) is 18.6 Å². The number of carboxylic acid groups (broad SMARTS) is 1. The third-order valence-electron chi connectivity index (χ3n) is 3.99. The average Bonchev–Trinajstić information content (AvgIpc) is 2.54. The molecular weight excluding hydrogens is 340 g/mol. The Kier molecular flexibility index (Phi) is 7.74. The van der Waals surface area contributed by atoms with Crippen molar-refractivity contribution in [1.29, 1.82) is 0 Å². The van der Waals surface area contributed by atoms with Gasteiger partial charge in [0.1, 0.15) is 0 Å². The molecule has 0 saturated carbocycles. The highest BCUT2D eigenvalue weighted by molar-refractivity contribution is 7.99. The van der Waals surface area contributed by atoms with E-state index in [2.05, 4.69) is 25.1 Å². The smallest absolute Gasteiger partial charge is 0.317 e. The third kappa shape index (κ3) is 7.05. The van der Waals surface area contributed by atoms with E-state index in [9.17, 15) is 9.59 Å². The maximum Gasteiger partial charge on any atom is 0.317 e. The maximum atomic E-state index is 12.4. The van der Waals surface area contributed by atoms with Crippen molar-refractivity contribution in [1.82, 2.24) is 9.80 Å². The topological polar surface area (TPSA) is 70.1 Å². The van der Waals surface area contributed by atoms with Crippen LogP contribution in [-0.2, 0) is 20.1 Å². The molecule has 7 heteroatoms. The van der Waals surface area contributed by atoms with Crippen LogP contribution in [0.1, 0.15) is 11.1 Å². The Balaban J connectivity index is 1.74. The number of hydrogen-bond donors (Lipinski definition) is 1. The molecule has 0 bridgehead atoms. The normalized spacial score (nSPS) is 17.7. The van der Waals surface area contributed by atoms with Crippen LogP contribution in [0.5, 0.6) is 0 Å². The molecular formula is C18H26N2O4S.